The number of carbonyl (C=O) groups is 4. The number of carbonyl (C=O) groups excluding carboxylic acids is 3. The van der Waals surface area contributed by atoms with Crippen LogP contribution in [-0.4, -0.2) is 58.5 Å². The average molecular weight is 453 g/mol. The summed E-state index contributed by atoms with van der Waals surface area (Å²) in [5.41, 5.74) is 1.24. The highest BCUT2D eigenvalue weighted by Crippen LogP contribution is 2.19. The number of rotatable bonds is 9. The lowest BCUT2D eigenvalue weighted by Gasteiger charge is -2.27. The molecule has 33 heavy (non-hydrogen) atoms. The molecule has 3 rings (SSSR count). The van der Waals surface area contributed by atoms with E-state index in [9.17, 15) is 24.3 Å². The predicted octanol–water partition coefficient (Wildman–Crippen LogP) is 2.43. The molecule has 0 unspecified atom stereocenters. The van der Waals surface area contributed by atoms with Crippen molar-refractivity contribution in [1.29, 1.82) is 0 Å². The van der Waals surface area contributed by atoms with Crippen LogP contribution in [-0.2, 0) is 25.5 Å². The van der Waals surface area contributed by atoms with Crippen molar-refractivity contribution in [2.24, 2.45) is 0 Å². The Morgan fingerprint density at radius 3 is 2.33 bits per heavy atom. The molecule has 1 heterocycles. The van der Waals surface area contributed by atoms with Gasteiger partial charge in [-0.15, -0.1) is 0 Å². The molecule has 1 fully saturated rings. The second-order valence-electron chi connectivity index (χ2n) is 8.07. The van der Waals surface area contributed by atoms with Crippen LogP contribution in [0.3, 0.4) is 0 Å². The van der Waals surface area contributed by atoms with Gasteiger partial charge in [-0.3, -0.25) is 10.1 Å². The van der Waals surface area contributed by atoms with E-state index in [2.05, 4.69) is 5.32 Å². The molecule has 2 aromatic rings. The maximum atomic E-state index is 12.9. The smallest absolute Gasteiger partial charge is 0.345 e. The molecule has 0 spiro atoms. The Labute approximate surface area is 192 Å². The number of amides is 1. The van der Waals surface area contributed by atoms with E-state index in [0.29, 0.717) is 32.2 Å². The fraction of sp³-hybridized carbons (Fsp3) is 0.360. The van der Waals surface area contributed by atoms with E-state index < -0.39 is 41.9 Å². The van der Waals surface area contributed by atoms with Crippen molar-refractivity contribution in [3.05, 3.63) is 71.8 Å². The molecule has 0 saturated carbocycles. The van der Waals surface area contributed by atoms with E-state index in [0.717, 1.165) is 5.56 Å². The molecule has 0 aromatic heterocycles. The molecule has 3 atom stereocenters. The third-order valence-corrected chi connectivity index (χ3v) is 5.69. The number of nitrogens with one attached hydrogen (secondary N) is 1. The number of carboxylic acid groups (broad SMARTS) is 1. The lowest BCUT2D eigenvalue weighted by atomic mass is 10.0. The minimum absolute atomic E-state index is 0.248. The fourth-order valence-corrected chi connectivity index (χ4v) is 3.93. The standard InChI is InChI=1S/C25H28N2O6/c1-17(22(28)27-16-8-13-21(27)23(29)30)26-20(15-14-18-9-4-2-5-10-18)25(32)33-24(31)19-11-6-3-7-12-19/h2-7,9-12,17,20-21,26H,8,13-16H2,1H3,(H,29,30)/t17-,20-,21-/m0/s1. The van der Waals surface area contributed by atoms with Crippen molar-refractivity contribution in [3.8, 4) is 0 Å². The number of esters is 2. The number of carboxylic acids is 1. The average Bonchev–Trinajstić information content (AvgIpc) is 3.32. The molecule has 1 amide bonds. The van der Waals surface area contributed by atoms with Gasteiger partial charge in [-0.2, -0.15) is 0 Å². The van der Waals surface area contributed by atoms with Crippen LogP contribution in [0.5, 0.6) is 0 Å². The number of nitrogens with zero attached hydrogens (tertiary/aromatic N) is 1. The topological polar surface area (TPSA) is 113 Å². The van der Waals surface area contributed by atoms with E-state index in [1.165, 1.54) is 4.90 Å². The Morgan fingerprint density at radius 1 is 1.06 bits per heavy atom. The molecule has 1 aliphatic heterocycles. The van der Waals surface area contributed by atoms with Crippen LogP contribution in [0.2, 0.25) is 0 Å². The van der Waals surface area contributed by atoms with E-state index in [1.54, 1.807) is 37.3 Å². The van der Waals surface area contributed by atoms with Gasteiger partial charge in [-0.25, -0.2) is 14.4 Å². The summed E-state index contributed by atoms with van der Waals surface area (Å²) in [6.45, 7) is 1.94. The number of benzene rings is 2. The lowest BCUT2D eigenvalue weighted by molar-refractivity contribution is -0.149. The van der Waals surface area contributed by atoms with Gasteiger partial charge < -0.3 is 14.7 Å². The van der Waals surface area contributed by atoms with Crippen molar-refractivity contribution in [2.75, 3.05) is 6.54 Å². The van der Waals surface area contributed by atoms with Crippen LogP contribution >= 0.6 is 0 Å². The van der Waals surface area contributed by atoms with Crippen molar-refractivity contribution in [2.45, 2.75) is 50.7 Å². The number of hydrogen-bond acceptors (Lipinski definition) is 6. The van der Waals surface area contributed by atoms with Crippen molar-refractivity contribution >= 4 is 23.8 Å². The molecule has 1 saturated heterocycles. The Morgan fingerprint density at radius 2 is 1.70 bits per heavy atom. The zero-order valence-corrected chi connectivity index (χ0v) is 18.5. The van der Waals surface area contributed by atoms with Gasteiger partial charge in [-0.1, -0.05) is 48.5 Å². The zero-order chi connectivity index (χ0) is 23.8. The largest absolute Gasteiger partial charge is 0.480 e. The summed E-state index contributed by atoms with van der Waals surface area (Å²) in [5, 5.41) is 12.3. The van der Waals surface area contributed by atoms with E-state index in [1.807, 2.05) is 30.3 Å². The zero-order valence-electron chi connectivity index (χ0n) is 18.5. The summed E-state index contributed by atoms with van der Waals surface area (Å²) in [6.07, 6.45) is 1.83. The molecule has 174 valence electrons. The fourth-order valence-electron chi connectivity index (χ4n) is 3.93. The maximum absolute atomic E-state index is 12.9. The molecular formula is C25H28N2O6. The number of aryl methyl sites for hydroxylation is 1. The Bertz CT molecular complexity index is 979. The molecule has 2 N–H and O–H groups in total. The lowest BCUT2D eigenvalue weighted by Crippen LogP contribution is -2.53. The number of aliphatic carboxylic acids is 1. The van der Waals surface area contributed by atoms with Crippen LogP contribution in [0.25, 0.3) is 0 Å². The monoisotopic (exact) mass is 452 g/mol. The highest BCUT2D eigenvalue weighted by Gasteiger charge is 2.37. The minimum Gasteiger partial charge on any atom is -0.480 e. The first-order valence-electron chi connectivity index (χ1n) is 11.0. The Hall–Kier alpha value is -3.52. The summed E-state index contributed by atoms with van der Waals surface area (Å²) < 4.78 is 5.09. The van der Waals surface area contributed by atoms with Gasteiger partial charge in [-0.05, 0) is 50.3 Å². The minimum atomic E-state index is -1.04. The Kier molecular flexibility index (Phi) is 8.32. The van der Waals surface area contributed by atoms with Gasteiger partial charge in [0.05, 0.1) is 11.6 Å². The van der Waals surface area contributed by atoms with E-state index in [-0.39, 0.29) is 5.56 Å². The molecular weight excluding hydrogens is 424 g/mol. The van der Waals surface area contributed by atoms with Crippen molar-refractivity contribution in [3.63, 3.8) is 0 Å². The Balaban J connectivity index is 1.70. The second-order valence-corrected chi connectivity index (χ2v) is 8.07. The molecule has 1 aliphatic rings. The SMILES string of the molecule is C[C@H](N[C@@H](CCc1ccccc1)C(=O)OC(=O)c1ccccc1)C(=O)N1CCC[C@H]1C(=O)O. The number of likely N-dealkylation sites (tertiary alicyclic amines) is 1. The van der Waals surface area contributed by atoms with Gasteiger partial charge in [0.15, 0.2) is 0 Å². The van der Waals surface area contributed by atoms with E-state index >= 15 is 0 Å². The van der Waals surface area contributed by atoms with Crippen LogP contribution in [0.4, 0.5) is 0 Å². The normalized spacial score (nSPS) is 17.2. The van der Waals surface area contributed by atoms with Crippen molar-refractivity contribution in [1.82, 2.24) is 10.2 Å². The van der Waals surface area contributed by atoms with Crippen LogP contribution in [0.15, 0.2) is 60.7 Å². The molecule has 0 radical (unpaired) electrons. The van der Waals surface area contributed by atoms with Crippen molar-refractivity contribution < 1.29 is 29.0 Å². The first kappa shape index (κ1) is 24.1. The molecule has 0 bridgehead atoms. The summed E-state index contributed by atoms with van der Waals surface area (Å²) in [6, 6.07) is 15.1. The number of ether oxygens (including phenoxy) is 1. The summed E-state index contributed by atoms with van der Waals surface area (Å²) in [4.78, 5) is 50.9. The highest BCUT2D eigenvalue weighted by atomic mass is 16.6. The van der Waals surface area contributed by atoms with Crippen LogP contribution in [0.1, 0.15) is 42.1 Å². The maximum Gasteiger partial charge on any atom is 0.345 e. The van der Waals surface area contributed by atoms with E-state index in [4.69, 9.17) is 4.74 Å². The molecule has 8 heteroatoms. The number of hydrogen-bond donors (Lipinski definition) is 2. The summed E-state index contributed by atoms with van der Waals surface area (Å²) >= 11 is 0. The first-order chi connectivity index (χ1) is 15.9. The van der Waals surface area contributed by atoms with Gasteiger partial charge in [0.2, 0.25) is 5.91 Å². The van der Waals surface area contributed by atoms with Gasteiger partial charge in [0.25, 0.3) is 0 Å². The molecule has 2 aromatic carbocycles. The molecule has 0 aliphatic carbocycles. The summed E-state index contributed by atoms with van der Waals surface area (Å²) in [5.74, 6) is -2.99. The highest BCUT2D eigenvalue weighted by molar-refractivity contribution is 5.98. The van der Waals surface area contributed by atoms with Crippen LogP contribution < -0.4 is 5.32 Å². The third kappa shape index (κ3) is 6.49. The third-order valence-electron chi connectivity index (χ3n) is 5.69. The van der Waals surface area contributed by atoms with Crippen LogP contribution in [0, 0.1) is 0 Å². The van der Waals surface area contributed by atoms with Gasteiger partial charge in [0.1, 0.15) is 12.1 Å². The quantitative estimate of drug-likeness (QED) is 0.444. The van der Waals surface area contributed by atoms with Gasteiger partial charge >= 0.3 is 17.9 Å². The first-order valence-corrected chi connectivity index (χ1v) is 11.0. The van der Waals surface area contributed by atoms with Gasteiger partial charge in [0, 0.05) is 6.54 Å². The summed E-state index contributed by atoms with van der Waals surface area (Å²) in [7, 11) is 0. The second kappa shape index (κ2) is 11.4. The predicted molar refractivity (Wildman–Crippen MR) is 120 cm³/mol. The molecule has 8 nitrogen and oxygen atoms in total.